The Kier molecular flexibility index (Phi) is 6.72. The van der Waals surface area contributed by atoms with E-state index in [4.69, 9.17) is 14.2 Å². The normalized spacial score (nSPS) is 12.7. The molecule has 0 aromatic heterocycles. The number of rotatable bonds is 8. The molecule has 0 bridgehead atoms. The van der Waals surface area contributed by atoms with Crippen molar-refractivity contribution in [2.45, 2.75) is 26.2 Å². The fourth-order valence-electron chi connectivity index (χ4n) is 1.93. The fourth-order valence-corrected chi connectivity index (χ4v) is 1.93. The molecule has 0 spiro atoms. The molecular formula is C14H23NO3. The molecule has 1 aromatic rings. The second-order valence-corrected chi connectivity index (χ2v) is 3.79. The topological polar surface area (TPSA) is 39.7 Å². The van der Waals surface area contributed by atoms with Gasteiger partial charge < -0.3 is 19.5 Å². The van der Waals surface area contributed by atoms with E-state index in [1.54, 1.807) is 7.11 Å². The maximum atomic E-state index is 5.65. The SMILES string of the molecule is CCOC(OCC)C(NC)c1ccccc1OC. The molecule has 4 nitrogen and oxygen atoms in total. The van der Waals surface area contributed by atoms with E-state index < -0.39 is 0 Å². The number of likely N-dealkylation sites (N-methyl/N-ethyl adjacent to an activating group) is 1. The minimum Gasteiger partial charge on any atom is -0.496 e. The van der Waals surface area contributed by atoms with Crippen molar-refractivity contribution in [2.75, 3.05) is 27.4 Å². The predicted octanol–water partition coefficient (Wildman–Crippen LogP) is 2.35. The number of nitrogens with one attached hydrogen (secondary N) is 1. The lowest BCUT2D eigenvalue weighted by Crippen LogP contribution is -2.34. The highest BCUT2D eigenvalue weighted by Crippen LogP contribution is 2.28. The monoisotopic (exact) mass is 253 g/mol. The van der Waals surface area contributed by atoms with Crippen LogP contribution < -0.4 is 10.1 Å². The van der Waals surface area contributed by atoms with Crippen LogP contribution in [0.15, 0.2) is 24.3 Å². The number of hydrogen-bond donors (Lipinski definition) is 1. The van der Waals surface area contributed by atoms with Crippen molar-refractivity contribution in [1.29, 1.82) is 0 Å². The first-order valence-corrected chi connectivity index (χ1v) is 6.31. The first-order valence-electron chi connectivity index (χ1n) is 6.31. The largest absolute Gasteiger partial charge is 0.496 e. The van der Waals surface area contributed by atoms with E-state index >= 15 is 0 Å². The Morgan fingerprint density at radius 2 is 1.72 bits per heavy atom. The third kappa shape index (κ3) is 3.70. The van der Waals surface area contributed by atoms with Gasteiger partial charge in [-0.25, -0.2) is 0 Å². The van der Waals surface area contributed by atoms with Crippen LogP contribution in [-0.2, 0) is 9.47 Å². The van der Waals surface area contributed by atoms with Gasteiger partial charge in [0.05, 0.1) is 13.2 Å². The molecule has 1 rings (SSSR count). The van der Waals surface area contributed by atoms with Gasteiger partial charge in [0, 0.05) is 18.8 Å². The highest BCUT2D eigenvalue weighted by atomic mass is 16.7. The zero-order valence-corrected chi connectivity index (χ0v) is 11.6. The molecular weight excluding hydrogens is 230 g/mol. The Bertz CT molecular complexity index is 338. The molecule has 0 aliphatic heterocycles. The van der Waals surface area contributed by atoms with Gasteiger partial charge in [0.2, 0.25) is 0 Å². The average molecular weight is 253 g/mol. The van der Waals surface area contributed by atoms with Crippen LogP contribution in [0.4, 0.5) is 0 Å². The van der Waals surface area contributed by atoms with Crippen LogP contribution >= 0.6 is 0 Å². The van der Waals surface area contributed by atoms with Gasteiger partial charge in [-0.15, -0.1) is 0 Å². The Balaban J connectivity index is 2.98. The Morgan fingerprint density at radius 3 is 2.22 bits per heavy atom. The summed E-state index contributed by atoms with van der Waals surface area (Å²) in [5.41, 5.74) is 1.04. The van der Waals surface area contributed by atoms with E-state index in [0.29, 0.717) is 13.2 Å². The maximum Gasteiger partial charge on any atom is 0.176 e. The van der Waals surface area contributed by atoms with Crippen molar-refractivity contribution in [3.05, 3.63) is 29.8 Å². The van der Waals surface area contributed by atoms with Crippen molar-refractivity contribution in [2.24, 2.45) is 0 Å². The van der Waals surface area contributed by atoms with Crippen LogP contribution in [0, 0.1) is 0 Å². The first-order chi connectivity index (χ1) is 8.78. The molecule has 0 heterocycles. The van der Waals surface area contributed by atoms with Crippen LogP contribution in [0.5, 0.6) is 5.75 Å². The summed E-state index contributed by atoms with van der Waals surface area (Å²) in [5.74, 6) is 0.834. The number of ether oxygens (including phenoxy) is 3. The zero-order chi connectivity index (χ0) is 13.4. The Hall–Kier alpha value is -1.10. The van der Waals surface area contributed by atoms with Crippen LogP contribution in [0.2, 0.25) is 0 Å². The van der Waals surface area contributed by atoms with Crippen molar-refractivity contribution in [1.82, 2.24) is 5.32 Å². The summed E-state index contributed by atoms with van der Waals surface area (Å²) >= 11 is 0. The molecule has 1 unspecified atom stereocenters. The fraction of sp³-hybridized carbons (Fsp3) is 0.571. The molecule has 0 amide bonds. The molecule has 1 atom stereocenters. The highest BCUT2D eigenvalue weighted by molar-refractivity contribution is 5.36. The summed E-state index contributed by atoms with van der Waals surface area (Å²) in [6, 6.07) is 7.84. The van der Waals surface area contributed by atoms with Gasteiger partial charge in [-0.3, -0.25) is 0 Å². The van der Waals surface area contributed by atoms with Crippen LogP contribution in [0.1, 0.15) is 25.5 Å². The van der Waals surface area contributed by atoms with Gasteiger partial charge >= 0.3 is 0 Å². The smallest absolute Gasteiger partial charge is 0.176 e. The molecule has 1 N–H and O–H groups in total. The molecule has 0 fully saturated rings. The first kappa shape index (κ1) is 15.0. The average Bonchev–Trinajstić information content (AvgIpc) is 2.40. The third-order valence-electron chi connectivity index (χ3n) is 2.72. The minimum absolute atomic E-state index is 0.0546. The van der Waals surface area contributed by atoms with Crippen molar-refractivity contribution in [3.8, 4) is 5.75 Å². The molecule has 1 aromatic carbocycles. The summed E-state index contributed by atoms with van der Waals surface area (Å²) in [6.45, 7) is 5.14. The highest BCUT2D eigenvalue weighted by Gasteiger charge is 2.25. The van der Waals surface area contributed by atoms with Crippen LogP contribution in [-0.4, -0.2) is 33.7 Å². The second-order valence-electron chi connectivity index (χ2n) is 3.79. The van der Waals surface area contributed by atoms with E-state index in [1.807, 2.05) is 45.2 Å². The quantitative estimate of drug-likeness (QED) is 0.722. The van der Waals surface area contributed by atoms with Crippen LogP contribution in [0.3, 0.4) is 0 Å². The Morgan fingerprint density at radius 1 is 1.11 bits per heavy atom. The maximum absolute atomic E-state index is 5.65. The summed E-state index contributed by atoms with van der Waals surface area (Å²) in [7, 11) is 3.56. The molecule has 0 radical (unpaired) electrons. The standard InChI is InChI=1S/C14H23NO3/c1-5-17-14(18-6-2)13(15-3)11-9-7-8-10-12(11)16-4/h7-10,13-15H,5-6H2,1-4H3. The Labute approximate surface area is 109 Å². The number of methoxy groups -OCH3 is 1. The molecule has 0 aliphatic rings. The summed E-state index contributed by atoms with van der Waals surface area (Å²) in [5, 5.41) is 3.23. The molecule has 4 heteroatoms. The minimum atomic E-state index is -0.318. The van der Waals surface area contributed by atoms with Crippen molar-refractivity contribution in [3.63, 3.8) is 0 Å². The number of para-hydroxylation sites is 1. The van der Waals surface area contributed by atoms with E-state index in [1.165, 1.54) is 0 Å². The molecule has 0 saturated heterocycles. The van der Waals surface area contributed by atoms with E-state index in [9.17, 15) is 0 Å². The predicted molar refractivity (Wildman–Crippen MR) is 71.8 cm³/mol. The molecule has 102 valence electrons. The second kappa shape index (κ2) is 8.08. The molecule has 0 aliphatic carbocycles. The third-order valence-corrected chi connectivity index (χ3v) is 2.72. The van der Waals surface area contributed by atoms with Crippen molar-refractivity contribution >= 4 is 0 Å². The molecule has 0 saturated carbocycles. The van der Waals surface area contributed by atoms with Crippen LogP contribution in [0.25, 0.3) is 0 Å². The van der Waals surface area contributed by atoms with E-state index in [-0.39, 0.29) is 12.3 Å². The summed E-state index contributed by atoms with van der Waals surface area (Å²) in [4.78, 5) is 0. The zero-order valence-electron chi connectivity index (χ0n) is 11.6. The molecule has 18 heavy (non-hydrogen) atoms. The van der Waals surface area contributed by atoms with Gasteiger partial charge in [-0.2, -0.15) is 0 Å². The lowest BCUT2D eigenvalue weighted by atomic mass is 10.1. The van der Waals surface area contributed by atoms with Gasteiger partial charge in [0.25, 0.3) is 0 Å². The number of benzene rings is 1. The van der Waals surface area contributed by atoms with Gasteiger partial charge in [-0.05, 0) is 27.0 Å². The summed E-state index contributed by atoms with van der Waals surface area (Å²) < 4.78 is 16.7. The lowest BCUT2D eigenvalue weighted by Gasteiger charge is -2.27. The van der Waals surface area contributed by atoms with Crippen molar-refractivity contribution < 1.29 is 14.2 Å². The van der Waals surface area contributed by atoms with Gasteiger partial charge in [-0.1, -0.05) is 18.2 Å². The van der Waals surface area contributed by atoms with E-state index in [2.05, 4.69) is 5.32 Å². The summed E-state index contributed by atoms with van der Waals surface area (Å²) in [6.07, 6.45) is -0.318. The lowest BCUT2D eigenvalue weighted by molar-refractivity contribution is -0.154. The number of hydrogen-bond acceptors (Lipinski definition) is 4. The van der Waals surface area contributed by atoms with Gasteiger partial charge in [0.15, 0.2) is 6.29 Å². The van der Waals surface area contributed by atoms with Gasteiger partial charge in [0.1, 0.15) is 5.75 Å². The van der Waals surface area contributed by atoms with E-state index in [0.717, 1.165) is 11.3 Å².